The molecule has 3 aromatic rings. The smallest absolute Gasteiger partial charge is 0.263 e. The summed E-state index contributed by atoms with van der Waals surface area (Å²) in [6, 6.07) is 3.99. The van der Waals surface area contributed by atoms with E-state index in [1.54, 1.807) is 18.4 Å². The van der Waals surface area contributed by atoms with Gasteiger partial charge in [-0.05, 0) is 23.8 Å². The lowest BCUT2D eigenvalue weighted by molar-refractivity contribution is -0.118. The van der Waals surface area contributed by atoms with Gasteiger partial charge in [-0.25, -0.2) is 4.98 Å². The Morgan fingerprint density at radius 1 is 1.38 bits per heavy atom. The Morgan fingerprint density at radius 3 is 2.88 bits per heavy atom. The zero-order chi connectivity index (χ0) is 18.7. The minimum Gasteiger partial charge on any atom is -0.355 e. The maximum atomic E-state index is 12.8. The molecule has 5 nitrogen and oxygen atoms in total. The van der Waals surface area contributed by atoms with Crippen molar-refractivity contribution in [3.63, 3.8) is 0 Å². The minimum atomic E-state index is -0.0673. The van der Waals surface area contributed by atoms with Crippen molar-refractivity contribution in [3.05, 3.63) is 33.2 Å². The highest BCUT2D eigenvalue weighted by Crippen LogP contribution is 2.34. The molecule has 26 heavy (non-hydrogen) atoms. The van der Waals surface area contributed by atoms with Crippen LogP contribution in [0.2, 0.25) is 0 Å². The highest BCUT2D eigenvalue weighted by molar-refractivity contribution is 7.99. The number of aromatic nitrogens is 2. The summed E-state index contributed by atoms with van der Waals surface area (Å²) in [6.45, 7) is 4.93. The van der Waals surface area contributed by atoms with Crippen LogP contribution in [-0.4, -0.2) is 27.8 Å². The van der Waals surface area contributed by atoms with Crippen molar-refractivity contribution in [1.82, 2.24) is 14.9 Å². The van der Waals surface area contributed by atoms with Crippen molar-refractivity contribution in [2.45, 2.75) is 25.4 Å². The Labute approximate surface area is 164 Å². The Balaban J connectivity index is 1.77. The zero-order valence-electron chi connectivity index (χ0n) is 14.9. The summed E-state index contributed by atoms with van der Waals surface area (Å²) in [6.07, 6.45) is 0.958. The van der Waals surface area contributed by atoms with E-state index in [1.165, 1.54) is 27.7 Å². The Morgan fingerprint density at radius 2 is 2.19 bits per heavy atom. The Kier molecular flexibility index (Phi) is 6.16. The zero-order valence-corrected chi connectivity index (χ0v) is 17.4. The first-order chi connectivity index (χ1) is 12.5. The van der Waals surface area contributed by atoms with Crippen LogP contribution >= 0.6 is 34.4 Å². The van der Waals surface area contributed by atoms with E-state index in [0.29, 0.717) is 23.0 Å². The molecule has 0 aliphatic carbocycles. The minimum absolute atomic E-state index is 0.0320. The number of carbonyl (C=O) groups excluding carboxylic acids is 1. The van der Waals surface area contributed by atoms with E-state index >= 15 is 0 Å². The molecule has 3 heterocycles. The van der Waals surface area contributed by atoms with Crippen molar-refractivity contribution >= 4 is 50.6 Å². The molecular formula is C18H21N3O2S3. The van der Waals surface area contributed by atoms with E-state index in [4.69, 9.17) is 0 Å². The lowest BCUT2D eigenvalue weighted by Gasteiger charge is -2.09. The van der Waals surface area contributed by atoms with Crippen LogP contribution in [0, 0.1) is 5.92 Å². The normalized spacial score (nSPS) is 11.4. The molecular weight excluding hydrogens is 386 g/mol. The number of hydrogen-bond donors (Lipinski definition) is 1. The molecule has 0 aliphatic heterocycles. The second-order valence-electron chi connectivity index (χ2n) is 6.39. The number of thioether (sulfide) groups is 1. The fourth-order valence-corrected chi connectivity index (χ4v) is 5.08. The number of nitrogens with zero attached hydrogens (tertiary/aromatic N) is 2. The fourth-order valence-electron chi connectivity index (χ4n) is 2.48. The molecule has 0 saturated carbocycles. The van der Waals surface area contributed by atoms with Crippen LogP contribution in [0.1, 0.15) is 20.3 Å². The molecule has 3 aromatic heterocycles. The molecule has 3 rings (SSSR count). The van der Waals surface area contributed by atoms with E-state index in [1.807, 2.05) is 22.9 Å². The molecule has 1 N–H and O–H groups in total. The maximum absolute atomic E-state index is 12.8. The Hall–Kier alpha value is -1.64. The molecule has 0 aliphatic rings. The third kappa shape index (κ3) is 4.19. The van der Waals surface area contributed by atoms with E-state index in [-0.39, 0.29) is 17.2 Å². The molecule has 8 heteroatoms. The lowest BCUT2D eigenvalue weighted by atomic mass is 10.1. The topological polar surface area (TPSA) is 64.0 Å². The molecule has 0 fully saturated rings. The van der Waals surface area contributed by atoms with Gasteiger partial charge in [-0.15, -0.1) is 22.7 Å². The van der Waals surface area contributed by atoms with Gasteiger partial charge in [0, 0.05) is 29.4 Å². The fraction of sp³-hybridized carbons (Fsp3) is 0.389. The number of thiophene rings is 2. The number of hydrogen-bond acceptors (Lipinski definition) is 6. The average Bonchev–Trinajstić information content (AvgIpc) is 3.25. The van der Waals surface area contributed by atoms with Crippen LogP contribution in [0.3, 0.4) is 0 Å². The number of fused-ring (bicyclic) bond motifs is 1. The average molecular weight is 408 g/mol. The van der Waals surface area contributed by atoms with Crippen LogP contribution in [0.25, 0.3) is 20.7 Å². The lowest BCUT2D eigenvalue weighted by Crippen LogP contribution is -2.27. The van der Waals surface area contributed by atoms with E-state index < -0.39 is 0 Å². The summed E-state index contributed by atoms with van der Waals surface area (Å²) in [5.74, 6) is 0.784. The SMILES string of the molecule is CC(C)CCNC(=O)CSc1nc2scc(-c3cccs3)c2c(=O)n1C. The maximum Gasteiger partial charge on any atom is 0.263 e. The van der Waals surface area contributed by atoms with E-state index in [9.17, 15) is 9.59 Å². The van der Waals surface area contributed by atoms with Crippen molar-refractivity contribution in [2.75, 3.05) is 12.3 Å². The van der Waals surface area contributed by atoms with Gasteiger partial charge in [0.05, 0.1) is 11.1 Å². The van der Waals surface area contributed by atoms with Crippen molar-refractivity contribution in [2.24, 2.45) is 13.0 Å². The highest BCUT2D eigenvalue weighted by Gasteiger charge is 2.16. The van der Waals surface area contributed by atoms with Gasteiger partial charge in [-0.1, -0.05) is 31.7 Å². The molecule has 138 valence electrons. The van der Waals surface area contributed by atoms with Crippen LogP contribution in [0.15, 0.2) is 32.8 Å². The standard InChI is InChI=1S/C18H21N3O2S3/c1-11(2)6-7-19-14(22)10-26-18-20-16-15(17(23)21(18)3)12(9-25-16)13-5-4-8-24-13/h4-5,8-9,11H,6-7,10H2,1-3H3,(H,19,22). The highest BCUT2D eigenvalue weighted by atomic mass is 32.2. The summed E-state index contributed by atoms with van der Waals surface area (Å²) in [5.41, 5.74) is 0.874. The summed E-state index contributed by atoms with van der Waals surface area (Å²) < 4.78 is 1.54. The van der Waals surface area contributed by atoms with Crippen molar-refractivity contribution < 1.29 is 4.79 Å². The molecule has 0 bridgehead atoms. The van der Waals surface area contributed by atoms with Gasteiger partial charge >= 0.3 is 0 Å². The van der Waals surface area contributed by atoms with Crippen LogP contribution < -0.4 is 10.9 Å². The van der Waals surface area contributed by atoms with E-state index in [0.717, 1.165) is 21.7 Å². The summed E-state index contributed by atoms with van der Waals surface area (Å²) >= 11 is 4.38. The molecule has 0 atom stereocenters. The summed E-state index contributed by atoms with van der Waals surface area (Å²) in [5, 5.41) is 8.12. The largest absolute Gasteiger partial charge is 0.355 e. The third-order valence-electron chi connectivity index (χ3n) is 3.94. The number of amides is 1. The molecule has 1 amide bonds. The van der Waals surface area contributed by atoms with Gasteiger partial charge < -0.3 is 5.32 Å². The van der Waals surface area contributed by atoms with E-state index in [2.05, 4.69) is 24.1 Å². The Bertz CT molecular complexity index is 958. The molecule has 0 aromatic carbocycles. The van der Waals surface area contributed by atoms with Gasteiger partial charge in [0.25, 0.3) is 5.56 Å². The van der Waals surface area contributed by atoms with Gasteiger partial charge in [-0.3, -0.25) is 14.2 Å². The van der Waals surface area contributed by atoms with Crippen molar-refractivity contribution in [3.8, 4) is 10.4 Å². The first-order valence-corrected chi connectivity index (χ1v) is 11.1. The first-order valence-electron chi connectivity index (χ1n) is 8.39. The second-order valence-corrected chi connectivity index (χ2v) is 9.13. The third-order valence-corrected chi connectivity index (χ3v) is 6.74. The number of nitrogens with one attached hydrogen (secondary N) is 1. The van der Waals surface area contributed by atoms with Crippen LogP contribution in [0.5, 0.6) is 0 Å². The predicted octanol–water partition coefficient (Wildman–Crippen LogP) is 3.98. The first kappa shape index (κ1) is 19.1. The second kappa shape index (κ2) is 8.37. The molecule has 0 saturated heterocycles. The van der Waals surface area contributed by atoms with Gasteiger partial charge in [0.1, 0.15) is 4.83 Å². The molecule has 0 radical (unpaired) electrons. The summed E-state index contributed by atoms with van der Waals surface area (Å²) in [4.78, 5) is 31.2. The molecule has 0 spiro atoms. The van der Waals surface area contributed by atoms with Crippen molar-refractivity contribution in [1.29, 1.82) is 0 Å². The molecule has 0 unspecified atom stereocenters. The quantitative estimate of drug-likeness (QED) is 0.475. The van der Waals surface area contributed by atoms with Crippen LogP contribution in [-0.2, 0) is 11.8 Å². The number of rotatable bonds is 7. The monoisotopic (exact) mass is 407 g/mol. The summed E-state index contributed by atoms with van der Waals surface area (Å²) in [7, 11) is 1.71. The van der Waals surface area contributed by atoms with Gasteiger partial charge in [0.2, 0.25) is 5.91 Å². The number of carbonyl (C=O) groups is 1. The van der Waals surface area contributed by atoms with Crippen LogP contribution in [0.4, 0.5) is 0 Å². The van der Waals surface area contributed by atoms with Gasteiger partial charge in [0.15, 0.2) is 5.16 Å². The predicted molar refractivity (Wildman–Crippen MR) is 111 cm³/mol. The van der Waals surface area contributed by atoms with Gasteiger partial charge in [-0.2, -0.15) is 0 Å².